The van der Waals surface area contributed by atoms with Crippen LogP contribution in [0.4, 0.5) is 11.6 Å². The Bertz CT molecular complexity index is 900. The topological polar surface area (TPSA) is 87.6 Å². The Kier molecular flexibility index (Phi) is 5.75. The zero-order valence-corrected chi connectivity index (χ0v) is 17.9. The number of amides is 1. The van der Waals surface area contributed by atoms with Gasteiger partial charge in [0.25, 0.3) is 0 Å². The van der Waals surface area contributed by atoms with Gasteiger partial charge in [-0.3, -0.25) is 4.79 Å². The number of carbonyl (C=O) groups excluding carboxylic acids is 1. The number of ether oxygens (including phenoxy) is 1. The zero-order chi connectivity index (χ0) is 21.3. The molecule has 4 rings (SSSR count). The van der Waals surface area contributed by atoms with Crippen LogP contribution in [-0.2, 0) is 15.1 Å². The number of methoxy groups -OCH3 is 1. The Hall–Kier alpha value is -2.51. The van der Waals surface area contributed by atoms with E-state index < -0.39 is 5.60 Å². The molecule has 2 aromatic rings. The van der Waals surface area contributed by atoms with Crippen LogP contribution >= 0.6 is 0 Å². The number of aromatic nitrogens is 2. The SMILES string of the molecule is CO[C@H]1CC[C@@H](CN2CC(=O)Nc3ncc(-c4ccc(C(C)(C)O)cc4)nc32)CC1. The molecule has 0 spiro atoms. The summed E-state index contributed by atoms with van der Waals surface area (Å²) in [6.45, 7) is 4.63. The molecule has 0 saturated heterocycles. The van der Waals surface area contributed by atoms with Crippen LogP contribution in [0.15, 0.2) is 30.5 Å². The summed E-state index contributed by atoms with van der Waals surface area (Å²) in [4.78, 5) is 23.6. The summed E-state index contributed by atoms with van der Waals surface area (Å²) in [7, 11) is 1.78. The van der Waals surface area contributed by atoms with Crippen molar-refractivity contribution in [2.75, 3.05) is 30.4 Å². The maximum atomic E-state index is 12.2. The van der Waals surface area contributed by atoms with E-state index in [1.54, 1.807) is 27.2 Å². The van der Waals surface area contributed by atoms with E-state index in [0.717, 1.165) is 54.9 Å². The smallest absolute Gasteiger partial charge is 0.245 e. The molecule has 7 heteroatoms. The second kappa shape index (κ2) is 8.32. The lowest BCUT2D eigenvalue weighted by atomic mass is 9.87. The minimum Gasteiger partial charge on any atom is -0.386 e. The highest BCUT2D eigenvalue weighted by molar-refractivity contribution is 5.99. The van der Waals surface area contributed by atoms with Crippen molar-refractivity contribution in [3.05, 3.63) is 36.0 Å². The Balaban J connectivity index is 1.56. The molecule has 1 aliphatic carbocycles. The number of hydrogen-bond acceptors (Lipinski definition) is 6. The van der Waals surface area contributed by atoms with Crippen molar-refractivity contribution >= 4 is 17.5 Å². The zero-order valence-electron chi connectivity index (χ0n) is 17.9. The van der Waals surface area contributed by atoms with Gasteiger partial charge in [-0.05, 0) is 51.0 Å². The average Bonchev–Trinajstić information content (AvgIpc) is 2.73. The normalized spacial score (nSPS) is 21.9. The summed E-state index contributed by atoms with van der Waals surface area (Å²) in [5.74, 6) is 1.72. The minimum atomic E-state index is -0.886. The van der Waals surface area contributed by atoms with E-state index in [1.165, 1.54) is 0 Å². The fraction of sp³-hybridized carbons (Fsp3) is 0.522. The number of aliphatic hydroxyl groups is 1. The predicted molar refractivity (Wildman–Crippen MR) is 116 cm³/mol. The highest BCUT2D eigenvalue weighted by Gasteiger charge is 2.29. The molecule has 1 amide bonds. The number of fused-ring (bicyclic) bond motifs is 1. The van der Waals surface area contributed by atoms with Crippen LogP contribution in [0.2, 0.25) is 0 Å². The largest absolute Gasteiger partial charge is 0.386 e. The van der Waals surface area contributed by atoms with Gasteiger partial charge in [-0.1, -0.05) is 24.3 Å². The van der Waals surface area contributed by atoms with Gasteiger partial charge in [-0.15, -0.1) is 0 Å². The summed E-state index contributed by atoms with van der Waals surface area (Å²) in [6, 6.07) is 7.71. The lowest BCUT2D eigenvalue weighted by Crippen LogP contribution is -2.42. The number of nitrogens with zero attached hydrogens (tertiary/aromatic N) is 3. The third-order valence-electron chi connectivity index (χ3n) is 6.14. The van der Waals surface area contributed by atoms with Crippen LogP contribution < -0.4 is 10.2 Å². The highest BCUT2D eigenvalue weighted by atomic mass is 16.5. The molecule has 1 aromatic carbocycles. The van der Waals surface area contributed by atoms with Crippen LogP contribution in [0.5, 0.6) is 0 Å². The van der Waals surface area contributed by atoms with Crippen molar-refractivity contribution in [1.82, 2.24) is 9.97 Å². The molecule has 0 radical (unpaired) electrons. The summed E-state index contributed by atoms with van der Waals surface area (Å²) in [5.41, 5.74) is 1.64. The number of nitrogens with one attached hydrogen (secondary N) is 1. The molecule has 2 heterocycles. The van der Waals surface area contributed by atoms with E-state index in [1.807, 2.05) is 24.3 Å². The number of rotatable bonds is 5. The van der Waals surface area contributed by atoms with E-state index in [2.05, 4.69) is 15.2 Å². The number of benzene rings is 1. The molecule has 1 aromatic heterocycles. The fourth-order valence-electron chi connectivity index (χ4n) is 4.31. The lowest BCUT2D eigenvalue weighted by molar-refractivity contribution is -0.115. The van der Waals surface area contributed by atoms with Gasteiger partial charge >= 0.3 is 0 Å². The standard InChI is InChI=1S/C23H30N4O3/c1-23(2,29)17-8-6-16(7-9-17)19-12-24-21-22(25-19)27(14-20(28)26-21)13-15-4-10-18(30-3)11-5-15/h6-9,12,15,18,29H,4-5,10-11,13-14H2,1-3H3,(H,24,26,28)/t15-,18+. The van der Waals surface area contributed by atoms with Gasteiger partial charge < -0.3 is 20.1 Å². The third-order valence-corrected chi connectivity index (χ3v) is 6.14. The maximum absolute atomic E-state index is 12.2. The van der Waals surface area contributed by atoms with Gasteiger partial charge in [0.2, 0.25) is 5.91 Å². The molecule has 0 unspecified atom stereocenters. The summed E-state index contributed by atoms with van der Waals surface area (Å²) in [6.07, 6.45) is 6.36. The van der Waals surface area contributed by atoms with Gasteiger partial charge in [-0.25, -0.2) is 9.97 Å². The molecule has 1 fully saturated rings. The van der Waals surface area contributed by atoms with Crippen molar-refractivity contribution in [2.45, 2.75) is 51.2 Å². The van der Waals surface area contributed by atoms with Crippen LogP contribution in [0.3, 0.4) is 0 Å². The van der Waals surface area contributed by atoms with Crippen molar-refractivity contribution in [1.29, 1.82) is 0 Å². The van der Waals surface area contributed by atoms with Crippen LogP contribution in [0.1, 0.15) is 45.1 Å². The van der Waals surface area contributed by atoms with Gasteiger partial charge in [-0.2, -0.15) is 0 Å². The fourth-order valence-corrected chi connectivity index (χ4v) is 4.31. The van der Waals surface area contributed by atoms with Gasteiger partial charge in [0.1, 0.15) is 0 Å². The van der Waals surface area contributed by atoms with Crippen LogP contribution in [0.25, 0.3) is 11.3 Å². The highest BCUT2D eigenvalue weighted by Crippen LogP contribution is 2.33. The maximum Gasteiger partial charge on any atom is 0.245 e. The summed E-state index contributed by atoms with van der Waals surface area (Å²) >= 11 is 0. The first-order valence-electron chi connectivity index (χ1n) is 10.6. The quantitative estimate of drug-likeness (QED) is 0.786. The molecular formula is C23H30N4O3. The van der Waals surface area contributed by atoms with E-state index in [0.29, 0.717) is 24.4 Å². The number of carbonyl (C=O) groups is 1. The summed E-state index contributed by atoms with van der Waals surface area (Å²) < 4.78 is 5.48. The van der Waals surface area contributed by atoms with Gasteiger partial charge in [0, 0.05) is 19.2 Å². The number of anilines is 2. The first-order chi connectivity index (χ1) is 14.3. The molecule has 160 valence electrons. The molecule has 1 saturated carbocycles. The van der Waals surface area contributed by atoms with E-state index in [9.17, 15) is 9.90 Å². The van der Waals surface area contributed by atoms with Crippen molar-refractivity contribution in [2.24, 2.45) is 5.92 Å². The van der Waals surface area contributed by atoms with Crippen LogP contribution in [-0.4, -0.2) is 47.3 Å². The number of hydrogen-bond donors (Lipinski definition) is 2. The van der Waals surface area contributed by atoms with Crippen molar-refractivity contribution in [3.8, 4) is 11.3 Å². The molecule has 0 atom stereocenters. The molecule has 7 nitrogen and oxygen atoms in total. The Morgan fingerprint density at radius 2 is 1.90 bits per heavy atom. The van der Waals surface area contributed by atoms with E-state index in [-0.39, 0.29) is 5.91 Å². The first-order valence-corrected chi connectivity index (χ1v) is 10.6. The molecule has 1 aliphatic heterocycles. The van der Waals surface area contributed by atoms with Gasteiger partial charge in [0.15, 0.2) is 11.6 Å². The van der Waals surface area contributed by atoms with Crippen molar-refractivity contribution < 1.29 is 14.6 Å². The lowest BCUT2D eigenvalue weighted by Gasteiger charge is -2.35. The Morgan fingerprint density at radius 1 is 1.20 bits per heavy atom. The van der Waals surface area contributed by atoms with Crippen molar-refractivity contribution in [3.63, 3.8) is 0 Å². The van der Waals surface area contributed by atoms with Gasteiger partial charge in [0.05, 0.1) is 30.1 Å². The Labute approximate surface area is 177 Å². The molecule has 0 bridgehead atoms. The molecular weight excluding hydrogens is 380 g/mol. The van der Waals surface area contributed by atoms with E-state index >= 15 is 0 Å². The van der Waals surface area contributed by atoms with E-state index in [4.69, 9.17) is 9.72 Å². The second-order valence-electron chi connectivity index (χ2n) is 8.87. The first kappa shape index (κ1) is 20.8. The Morgan fingerprint density at radius 3 is 2.53 bits per heavy atom. The predicted octanol–water partition coefficient (Wildman–Crippen LogP) is 3.33. The monoisotopic (exact) mass is 410 g/mol. The average molecular weight is 411 g/mol. The minimum absolute atomic E-state index is 0.0512. The summed E-state index contributed by atoms with van der Waals surface area (Å²) in [5, 5.41) is 13.0. The molecule has 2 aliphatic rings. The third kappa shape index (κ3) is 4.47. The molecule has 2 N–H and O–H groups in total. The van der Waals surface area contributed by atoms with Crippen LogP contribution in [0, 0.1) is 5.92 Å². The second-order valence-corrected chi connectivity index (χ2v) is 8.87. The molecule has 30 heavy (non-hydrogen) atoms.